The van der Waals surface area contributed by atoms with Gasteiger partial charge in [0.25, 0.3) is 10.0 Å². The summed E-state index contributed by atoms with van der Waals surface area (Å²) >= 11 is 0. The van der Waals surface area contributed by atoms with Gasteiger partial charge in [0.15, 0.2) is 5.65 Å². The predicted octanol–water partition coefficient (Wildman–Crippen LogP) is 4.53. The normalized spacial score (nSPS) is 11.7. The molecule has 0 saturated heterocycles. The van der Waals surface area contributed by atoms with E-state index >= 15 is 0 Å². The lowest BCUT2D eigenvalue weighted by Gasteiger charge is -2.12. The first-order chi connectivity index (χ1) is 16.3. The Hall–Kier alpha value is -4.11. The summed E-state index contributed by atoms with van der Waals surface area (Å²) in [5, 5.41) is 1.22. The molecule has 0 bridgehead atoms. The number of nitrogens with one attached hydrogen (secondary N) is 1. The number of pyridine rings is 1. The van der Waals surface area contributed by atoms with Crippen LogP contribution in [0.1, 0.15) is 15.9 Å². The summed E-state index contributed by atoms with van der Waals surface area (Å²) < 4.78 is 39.3. The predicted molar refractivity (Wildman–Crippen MR) is 129 cm³/mol. The average molecular weight is 476 g/mol. The van der Waals surface area contributed by atoms with E-state index in [9.17, 15) is 13.2 Å². The van der Waals surface area contributed by atoms with E-state index in [-0.39, 0.29) is 10.5 Å². The molecule has 2 aromatic carbocycles. The molecule has 9 heteroatoms. The van der Waals surface area contributed by atoms with Crippen LogP contribution < -0.4 is 4.74 Å². The van der Waals surface area contributed by atoms with Gasteiger partial charge in [-0.05, 0) is 49.4 Å². The zero-order chi connectivity index (χ0) is 24.0. The highest BCUT2D eigenvalue weighted by molar-refractivity contribution is 7.90. The Bertz CT molecular complexity index is 1660. The molecule has 3 aromatic heterocycles. The zero-order valence-electron chi connectivity index (χ0n) is 18.7. The summed E-state index contributed by atoms with van der Waals surface area (Å²) in [5.41, 5.74) is 3.27. The van der Waals surface area contributed by atoms with Crippen molar-refractivity contribution in [3.05, 3.63) is 78.1 Å². The second kappa shape index (κ2) is 8.03. The fourth-order valence-corrected chi connectivity index (χ4v) is 5.53. The highest BCUT2D eigenvalue weighted by Crippen LogP contribution is 2.38. The van der Waals surface area contributed by atoms with E-state index < -0.39 is 16.0 Å². The number of hydrogen-bond acceptors (Lipinski definition) is 6. The summed E-state index contributed by atoms with van der Waals surface area (Å²) in [6.45, 7) is 1.89. The maximum Gasteiger partial charge on any atom is 0.337 e. The van der Waals surface area contributed by atoms with E-state index in [4.69, 9.17) is 9.47 Å². The number of methoxy groups -OCH3 is 2. The van der Waals surface area contributed by atoms with Crippen LogP contribution in [0.15, 0.2) is 71.9 Å². The number of aryl methyl sites for hydroxylation is 1. The van der Waals surface area contributed by atoms with Crippen LogP contribution in [-0.2, 0) is 14.8 Å². The van der Waals surface area contributed by atoms with Crippen molar-refractivity contribution < 1.29 is 22.7 Å². The minimum Gasteiger partial charge on any atom is -0.496 e. The van der Waals surface area contributed by atoms with Crippen molar-refractivity contribution in [2.24, 2.45) is 0 Å². The molecular formula is C25H21N3O5S. The van der Waals surface area contributed by atoms with Gasteiger partial charge in [-0.3, -0.25) is 0 Å². The first kappa shape index (κ1) is 21.7. The Morgan fingerprint density at radius 3 is 2.47 bits per heavy atom. The summed E-state index contributed by atoms with van der Waals surface area (Å²) in [4.78, 5) is 19.8. The molecule has 5 aromatic rings. The van der Waals surface area contributed by atoms with Crippen LogP contribution in [-0.4, -0.2) is 42.5 Å². The van der Waals surface area contributed by atoms with Gasteiger partial charge in [0.2, 0.25) is 0 Å². The topological polar surface area (TPSA) is 103 Å². The van der Waals surface area contributed by atoms with Crippen molar-refractivity contribution in [3.8, 4) is 17.0 Å². The monoisotopic (exact) mass is 475 g/mol. The molecule has 8 nitrogen and oxygen atoms in total. The van der Waals surface area contributed by atoms with Gasteiger partial charge in [0.05, 0.1) is 35.8 Å². The SMILES string of the molecule is COC(=O)c1ccc2[nH]cc(-c3cc4c(OC)ccnc4n3S(=O)(=O)c3ccc(C)cc3)c2c1. The molecule has 0 aliphatic carbocycles. The van der Waals surface area contributed by atoms with Gasteiger partial charge in [-0.15, -0.1) is 0 Å². The maximum absolute atomic E-state index is 13.9. The lowest BCUT2D eigenvalue weighted by molar-refractivity contribution is 0.0601. The molecule has 0 saturated carbocycles. The number of aromatic amines is 1. The molecule has 5 rings (SSSR count). The number of carbonyl (C=O) groups excluding carboxylic acids is 1. The van der Waals surface area contributed by atoms with E-state index in [1.165, 1.54) is 24.4 Å². The van der Waals surface area contributed by atoms with Crippen LogP contribution in [0.2, 0.25) is 0 Å². The first-order valence-electron chi connectivity index (χ1n) is 10.4. The highest BCUT2D eigenvalue weighted by Gasteiger charge is 2.27. The molecular weight excluding hydrogens is 454 g/mol. The van der Waals surface area contributed by atoms with E-state index in [1.807, 2.05) is 6.92 Å². The number of aromatic nitrogens is 3. The smallest absolute Gasteiger partial charge is 0.337 e. The van der Waals surface area contributed by atoms with Gasteiger partial charge in [0, 0.05) is 28.9 Å². The minimum absolute atomic E-state index is 0.136. The molecule has 1 N–H and O–H groups in total. The third kappa shape index (κ3) is 3.32. The third-order valence-electron chi connectivity index (χ3n) is 5.78. The standard InChI is InChI=1S/C25H21N3O5S/c1-15-4-7-17(8-5-15)34(30,31)28-22(13-19-23(32-2)10-11-26-24(19)28)20-14-27-21-9-6-16(12-18(20)21)25(29)33-3/h4-14,27H,1-3H3. The fourth-order valence-electron chi connectivity index (χ4n) is 4.05. The second-order valence-corrected chi connectivity index (χ2v) is 9.60. The molecule has 0 aliphatic rings. The lowest BCUT2D eigenvalue weighted by atomic mass is 10.1. The number of rotatable bonds is 5. The van der Waals surface area contributed by atoms with Crippen LogP contribution in [0.25, 0.3) is 33.2 Å². The van der Waals surface area contributed by atoms with Gasteiger partial charge in [0.1, 0.15) is 5.75 Å². The van der Waals surface area contributed by atoms with Crippen molar-refractivity contribution in [2.75, 3.05) is 14.2 Å². The van der Waals surface area contributed by atoms with Gasteiger partial charge >= 0.3 is 5.97 Å². The van der Waals surface area contributed by atoms with Crippen LogP contribution in [0, 0.1) is 6.92 Å². The molecule has 34 heavy (non-hydrogen) atoms. The average Bonchev–Trinajstić information content (AvgIpc) is 3.44. The van der Waals surface area contributed by atoms with Crippen molar-refractivity contribution in [1.82, 2.24) is 13.9 Å². The summed E-state index contributed by atoms with van der Waals surface area (Å²) in [6.07, 6.45) is 3.23. The summed E-state index contributed by atoms with van der Waals surface area (Å²) in [7, 11) is -1.19. The van der Waals surface area contributed by atoms with Crippen LogP contribution in [0.5, 0.6) is 5.75 Å². The number of carbonyl (C=O) groups is 1. The van der Waals surface area contributed by atoms with E-state index in [0.717, 1.165) is 11.1 Å². The van der Waals surface area contributed by atoms with Crippen molar-refractivity contribution in [1.29, 1.82) is 0 Å². The van der Waals surface area contributed by atoms with Crippen molar-refractivity contribution in [2.45, 2.75) is 11.8 Å². The molecule has 0 fully saturated rings. The number of benzene rings is 2. The van der Waals surface area contributed by atoms with Gasteiger partial charge in [-0.2, -0.15) is 0 Å². The third-order valence-corrected chi connectivity index (χ3v) is 7.50. The largest absolute Gasteiger partial charge is 0.496 e. The number of ether oxygens (including phenoxy) is 2. The molecule has 0 spiro atoms. The number of fused-ring (bicyclic) bond motifs is 2. The van der Waals surface area contributed by atoms with E-state index in [0.29, 0.717) is 33.3 Å². The molecule has 0 atom stereocenters. The lowest BCUT2D eigenvalue weighted by Crippen LogP contribution is -2.14. The van der Waals surface area contributed by atoms with Crippen LogP contribution in [0.4, 0.5) is 0 Å². The Morgan fingerprint density at radius 1 is 1.00 bits per heavy atom. The Balaban J connectivity index is 1.85. The quantitative estimate of drug-likeness (QED) is 0.375. The van der Waals surface area contributed by atoms with E-state index in [2.05, 4.69) is 9.97 Å². The second-order valence-electron chi connectivity index (χ2n) is 7.82. The van der Waals surface area contributed by atoms with Gasteiger partial charge < -0.3 is 14.5 Å². The Morgan fingerprint density at radius 2 is 1.76 bits per heavy atom. The van der Waals surface area contributed by atoms with Crippen molar-refractivity contribution >= 4 is 37.9 Å². The maximum atomic E-state index is 13.9. The van der Waals surface area contributed by atoms with Crippen LogP contribution >= 0.6 is 0 Å². The van der Waals surface area contributed by atoms with E-state index in [1.54, 1.807) is 60.8 Å². The molecule has 0 aliphatic heterocycles. The molecule has 0 amide bonds. The fraction of sp³-hybridized carbons (Fsp3) is 0.120. The molecule has 3 heterocycles. The molecule has 172 valence electrons. The summed E-state index contributed by atoms with van der Waals surface area (Å²) in [6, 6.07) is 15.2. The first-order valence-corrected chi connectivity index (χ1v) is 11.9. The molecule has 0 unspecified atom stereocenters. The number of esters is 1. The van der Waals surface area contributed by atoms with Gasteiger partial charge in [-0.25, -0.2) is 22.2 Å². The highest BCUT2D eigenvalue weighted by atomic mass is 32.2. The number of H-pyrrole nitrogens is 1. The zero-order valence-corrected chi connectivity index (χ0v) is 19.5. The molecule has 0 radical (unpaired) electrons. The minimum atomic E-state index is -4.03. The number of hydrogen-bond donors (Lipinski definition) is 1. The number of nitrogens with zero attached hydrogens (tertiary/aromatic N) is 2. The Kier molecular flexibility index (Phi) is 5.13. The summed E-state index contributed by atoms with van der Waals surface area (Å²) in [5.74, 6) is 0.0180. The Labute approximate surface area is 195 Å². The van der Waals surface area contributed by atoms with Crippen molar-refractivity contribution in [3.63, 3.8) is 0 Å². The van der Waals surface area contributed by atoms with Gasteiger partial charge in [-0.1, -0.05) is 17.7 Å². The van der Waals surface area contributed by atoms with Crippen LogP contribution in [0.3, 0.4) is 0 Å².